The van der Waals surface area contributed by atoms with Gasteiger partial charge in [0.25, 0.3) is 0 Å². The molecule has 0 aliphatic carbocycles. The lowest BCUT2D eigenvalue weighted by molar-refractivity contribution is -0.137. The van der Waals surface area contributed by atoms with Crippen molar-refractivity contribution in [3.63, 3.8) is 0 Å². The van der Waals surface area contributed by atoms with E-state index in [1.165, 1.54) is 12.5 Å². The Hall–Kier alpha value is -1.95. The summed E-state index contributed by atoms with van der Waals surface area (Å²) < 4.78 is 13.7. The third-order valence-corrected chi connectivity index (χ3v) is 5.51. The molecule has 3 rings (SSSR count). The molecule has 2 aliphatic rings. The van der Waals surface area contributed by atoms with Gasteiger partial charge in [-0.25, -0.2) is 4.39 Å². The summed E-state index contributed by atoms with van der Waals surface area (Å²) in [7, 11) is 0. The largest absolute Gasteiger partial charge is 0.340 e. The van der Waals surface area contributed by atoms with Gasteiger partial charge in [0.15, 0.2) is 0 Å². The zero-order valence-corrected chi connectivity index (χ0v) is 15.5. The van der Waals surface area contributed by atoms with Gasteiger partial charge in [0.05, 0.1) is 13.0 Å². The molecule has 0 N–H and O–H groups in total. The molecule has 0 spiro atoms. The lowest BCUT2D eigenvalue weighted by Gasteiger charge is -2.38. The predicted octanol–water partition coefficient (Wildman–Crippen LogP) is 1.91. The number of piperidine rings is 1. The molecular formula is C20H28FN3O2. The van der Waals surface area contributed by atoms with E-state index >= 15 is 0 Å². The number of hydrogen-bond donors (Lipinski definition) is 0. The molecule has 1 aromatic rings. The molecule has 0 aromatic heterocycles. The molecule has 2 saturated heterocycles. The van der Waals surface area contributed by atoms with E-state index in [1.54, 1.807) is 23.1 Å². The normalized spacial score (nSPS) is 21.7. The monoisotopic (exact) mass is 361 g/mol. The highest BCUT2D eigenvalue weighted by Crippen LogP contribution is 2.17. The number of benzene rings is 1. The zero-order valence-electron chi connectivity index (χ0n) is 15.5. The van der Waals surface area contributed by atoms with Crippen molar-refractivity contribution in [3.05, 3.63) is 35.6 Å². The van der Waals surface area contributed by atoms with Crippen molar-refractivity contribution in [3.8, 4) is 0 Å². The zero-order chi connectivity index (χ0) is 18.5. The minimum absolute atomic E-state index is 0.0503. The summed E-state index contributed by atoms with van der Waals surface area (Å²) in [6, 6.07) is 6.74. The fourth-order valence-electron chi connectivity index (χ4n) is 3.82. The van der Waals surface area contributed by atoms with E-state index in [-0.39, 0.29) is 24.1 Å². The maximum atomic E-state index is 13.7. The Morgan fingerprint density at radius 1 is 1.04 bits per heavy atom. The lowest BCUT2D eigenvalue weighted by atomic mass is 10.0. The van der Waals surface area contributed by atoms with Gasteiger partial charge < -0.3 is 9.80 Å². The molecule has 6 heteroatoms. The molecule has 1 aromatic carbocycles. The third kappa shape index (κ3) is 4.61. The summed E-state index contributed by atoms with van der Waals surface area (Å²) in [6.45, 7) is 5.98. The number of halogens is 1. The van der Waals surface area contributed by atoms with Crippen LogP contribution < -0.4 is 0 Å². The number of amides is 2. The van der Waals surface area contributed by atoms with Crippen molar-refractivity contribution < 1.29 is 14.0 Å². The molecule has 5 nitrogen and oxygen atoms in total. The van der Waals surface area contributed by atoms with Crippen molar-refractivity contribution in [1.82, 2.24) is 14.7 Å². The standard InChI is InChI=1S/C20H28FN3O2/c1-16-6-4-5-9-24(16)20(26)15-22-10-12-23(13-11-22)19(25)14-17-7-2-3-8-18(17)21/h2-3,7-8,16H,4-6,9-15H2,1H3. The number of likely N-dealkylation sites (tertiary alicyclic amines) is 1. The number of carbonyl (C=O) groups is 2. The van der Waals surface area contributed by atoms with Gasteiger partial charge in [0, 0.05) is 38.8 Å². The number of hydrogen-bond acceptors (Lipinski definition) is 3. The molecular weight excluding hydrogens is 333 g/mol. The van der Waals surface area contributed by atoms with Crippen LogP contribution in [0.3, 0.4) is 0 Å². The van der Waals surface area contributed by atoms with Gasteiger partial charge in [-0.1, -0.05) is 18.2 Å². The van der Waals surface area contributed by atoms with Crippen LogP contribution in [-0.4, -0.2) is 71.8 Å². The highest BCUT2D eigenvalue weighted by Gasteiger charge is 2.27. The minimum atomic E-state index is -0.333. The van der Waals surface area contributed by atoms with Crippen LogP contribution >= 0.6 is 0 Å². The van der Waals surface area contributed by atoms with Gasteiger partial charge in [-0.3, -0.25) is 14.5 Å². The van der Waals surface area contributed by atoms with Crippen LogP contribution in [0.1, 0.15) is 31.7 Å². The van der Waals surface area contributed by atoms with Crippen LogP contribution in [0, 0.1) is 5.82 Å². The average molecular weight is 361 g/mol. The first-order valence-electron chi connectivity index (χ1n) is 9.57. The lowest BCUT2D eigenvalue weighted by Crippen LogP contribution is -2.53. The number of carbonyl (C=O) groups excluding carboxylic acids is 2. The molecule has 2 fully saturated rings. The van der Waals surface area contributed by atoms with Crippen molar-refractivity contribution >= 4 is 11.8 Å². The smallest absolute Gasteiger partial charge is 0.236 e. The predicted molar refractivity (Wildman–Crippen MR) is 98.2 cm³/mol. The fourth-order valence-corrected chi connectivity index (χ4v) is 3.82. The van der Waals surface area contributed by atoms with Crippen molar-refractivity contribution in [2.45, 2.75) is 38.6 Å². The molecule has 1 unspecified atom stereocenters. The summed E-state index contributed by atoms with van der Waals surface area (Å²) >= 11 is 0. The highest BCUT2D eigenvalue weighted by atomic mass is 19.1. The van der Waals surface area contributed by atoms with Crippen molar-refractivity contribution in [2.75, 3.05) is 39.3 Å². The second kappa shape index (κ2) is 8.62. The van der Waals surface area contributed by atoms with Crippen LogP contribution in [-0.2, 0) is 16.0 Å². The Bertz CT molecular complexity index is 644. The summed E-state index contributed by atoms with van der Waals surface area (Å²) in [4.78, 5) is 30.8. The second-order valence-electron chi connectivity index (χ2n) is 7.36. The van der Waals surface area contributed by atoms with Crippen LogP contribution in [0.5, 0.6) is 0 Å². The Balaban J connectivity index is 1.46. The van der Waals surface area contributed by atoms with Gasteiger partial charge in [0.1, 0.15) is 5.82 Å². The first kappa shape index (κ1) is 18.8. The first-order valence-corrected chi connectivity index (χ1v) is 9.57. The molecule has 2 amide bonds. The minimum Gasteiger partial charge on any atom is -0.340 e. The van der Waals surface area contributed by atoms with E-state index < -0.39 is 0 Å². The van der Waals surface area contributed by atoms with Crippen LogP contribution in [0.4, 0.5) is 4.39 Å². The Morgan fingerprint density at radius 2 is 1.77 bits per heavy atom. The molecule has 142 valence electrons. The highest BCUT2D eigenvalue weighted by molar-refractivity contribution is 5.80. The molecule has 0 bridgehead atoms. The van der Waals surface area contributed by atoms with Gasteiger partial charge in [-0.2, -0.15) is 0 Å². The summed E-state index contributed by atoms with van der Waals surface area (Å²) in [5.74, 6) is -0.185. The molecule has 1 atom stereocenters. The summed E-state index contributed by atoms with van der Waals surface area (Å²) in [6.07, 6.45) is 3.48. The van der Waals surface area contributed by atoms with Gasteiger partial charge in [-0.05, 0) is 37.8 Å². The Kier molecular flexibility index (Phi) is 6.25. The van der Waals surface area contributed by atoms with Crippen LogP contribution in [0.2, 0.25) is 0 Å². The Labute approximate surface area is 154 Å². The summed E-state index contributed by atoms with van der Waals surface area (Å²) in [5, 5.41) is 0. The summed E-state index contributed by atoms with van der Waals surface area (Å²) in [5.41, 5.74) is 0.439. The number of nitrogens with zero attached hydrogens (tertiary/aromatic N) is 3. The molecule has 0 saturated carbocycles. The SMILES string of the molecule is CC1CCCCN1C(=O)CN1CCN(C(=O)Cc2ccccc2F)CC1. The average Bonchev–Trinajstić information content (AvgIpc) is 2.64. The molecule has 2 heterocycles. The van der Waals surface area contributed by atoms with Crippen LogP contribution in [0.25, 0.3) is 0 Å². The van der Waals surface area contributed by atoms with Gasteiger partial charge >= 0.3 is 0 Å². The first-order chi connectivity index (χ1) is 12.5. The van der Waals surface area contributed by atoms with E-state index in [1.807, 2.05) is 4.90 Å². The van der Waals surface area contributed by atoms with Crippen LogP contribution in [0.15, 0.2) is 24.3 Å². The van der Waals surface area contributed by atoms with E-state index in [4.69, 9.17) is 0 Å². The fraction of sp³-hybridized carbons (Fsp3) is 0.600. The molecule has 2 aliphatic heterocycles. The molecule has 0 radical (unpaired) electrons. The van der Waals surface area contributed by atoms with E-state index in [9.17, 15) is 14.0 Å². The number of piperazine rings is 1. The quantitative estimate of drug-likeness (QED) is 0.823. The number of rotatable bonds is 4. The Morgan fingerprint density at radius 3 is 2.46 bits per heavy atom. The van der Waals surface area contributed by atoms with Gasteiger partial charge in [0.2, 0.25) is 11.8 Å². The van der Waals surface area contributed by atoms with E-state index in [0.29, 0.717) is 44.3 Å². The topological polar surface area (TPSA) is 43.9 Å². The molecule has 26 heavy (non-hydrogen) atoms. The van der Waals surface area contributed by atoms with E-state index in [0.717, 1.165) is 19.4 Å². The maximum Gasteiger partial charge on any atom is 0.236 e. The second-order valence-corrected chi connectivity index (χ2v) is 7.36. The third-order valence-electron chi connectivity index (χ3n) is 5.51. The van der Waals surface area contributed by atoms with Gasteiger partial charge in [-0.15, -0.1) is 0 Å². The van der Waals surface area contributed by atoms with Crippen molar-refractivity contribution in [2.24, 2.45) is 0 Å². The van der Waals surface area contributed by atoms with Crippen molar-refractivity contribution in [1.29, 1.82) is 0 Å². The maximum absolute atomic E-state index is 13.7. The van der Waals surface area contributed by atoms with E-state index in [2.05, 4.69) is 11.8 Å².